The molecule has 0 aromatic carbocycles. The minimum Gasteiger partial charge on any atom is -0.381 e. The predicted octanol–water partition coefficient (Wildman–Crippen LogP) is 1.07. The lowest BCUT2D eigenvalue weighted by Gasteiger charge is -2.37. The van der Waals surface area contributed by atoms with Crippen molar-refractivity contribution < 1.29 is 9.53 Å². The first-order valence-electron chi connectivity index (χ1n) is 8.07. The van der Waals surface area contributed by atoms with Gasteiger partial charge in [0.15, 0.2) is 0 Å². The minimum atomic E-state index is -0.375. The van der Waals surface area contributed by atoms with E-state index in [1.54, 1.807) is 6.20 Å². The third kappa shape index (κ3) is 6.58. The van der Waals surface area contributed by atoms with Gasteiger partial charge in [0.25, 0.3) is 0 Å². The van der Waals surface area contributed by atoms with Crippen molar-refractivity contribution in [1.82, 2.24) is 19.8 Å². The van der Waals surface area contributed by atoms with Crippen LogP contribution in [0.15, 0.2) is 12.4 Å². The molecule has 2 aliphatic rings. The third-order valence-corrected chi connectivity index (χ3v) is 4.67. The number of nitrogens with zero attached hydrogens (tertiary/aromatic N) is 3. The van der Waals surface area contributed by atoms with Gasteiger partial charge in [0.05, 0.1) is 12.6 Å². The van der Waals surface area contributed by atoms with Crippen molar-refractivity contribution in [2.45, 2.75) is 25.4 Å². The number of hydrogen-bond acceptors (Lipinski definition) is 5. The SMILES string of the molecule is Cl.Cl.Cl.NC(C(=O)N1CCN(Cc2ncc[nH]2)CC1)C1CCOCC1. The number of H-pyrrole nitrogens is 1. The number of nitrogens with two attached hydrogens (primary N) is 1. The highest BCUT2D eigenvalue weighted by Crippen LogP contribution is 2.19. The van der Waals surface area contributed by atoms with Crippen LogP contribution in [0, 0.1) is 5.92 Å². The van der Waals surface area contributed by atoms with Crippen molar-refractivity contribution in [2.24, 2.45) is 11.7 Å². The van der Waals surface area contributed by atoms with Crippen LogP contribution in [-0.4, -0.2) is 71.1 Å². The smallest absolute Gasteiger partial charge is 0.239 e. The van der Waals surface area contributed by atoms with Crippen LogP contribution in [0.2, 0.25) is 0 Å². The van der Waals surface area contributed by atoms with Gasteiger partial charge in [0.2, 0.25) is 5.91 Å². The standard InChI is InChI=1S/C15H25N5O2.3ClH/c16-14(12-1-9-22-10-2-12)15(21)20-7-5-19(6-8-20)11-13-17-3-4-18-13;;;/h3-4,12,14H,1-2,5-11,16H2,(H,17,18);3*1H. The van der Waals surface area contributed by atoms with E-state index in [1.807, 2.05) is 11.1 Å². The zero-order valence-corrected chi connectivity index (χ0v) is 16.6. The summed E-state index contributed by atoms with van der Waals surface area (Å²) in [5, 5.41) is 0. The summed E-state index contributed by atoms with van der Waals surface area (Å²) in [4.78, 5) is 24.1. The number of hydrogen-bond donors (Lipinski definition) is 2. The van der Waals surface area contributed by atoms with Gasteiger partial charge in [-0.2, -0.15) is 0 Å². The molecule has 3 N–H and O–H groups in total. The lowest BCUT2D eigenvalue weighted by Crippen LogP contribution is -2.55. The van der Waals surface area contributed by atoms with E-state index in [-0.39, 0.29) is 55.1 Å². The molecule has 1 aromatic rings. The summed E-state index contributed by atoms with van der Waals surface area (Å²) in [6.45, 7) is 5.49. The zero-order valence-electron chi connectivity index (χ0n) is 14.1. The van der Waals surface area contributed by atoms with Crippen molar-refractivity contribution in [3.63, 3.8) is 0 Å². The Labute approximate surface area is 167 Å². The maximum absolute atomic E-state index is 12.5. The van der Waals surface area contributed by atoms with E-state index in [2.05, 4.69) is 14.9 Å². The highest BCUT2D eigenvalue weighted by atomic mass is 35.5. The third-order valence-electron chi connectivity index (χ3n) is 4.67. The maximum atomic E-state index is 12.5. The Hall–Kier alpha value is -0.570. The Balaban J connectivity index is 0.00000192. The summed E-state index contributed by atoms with van der Waals surface area (Å²) in [7, 11) is 0. The number of ether oxygens (including phenoxy) is 1. The molecule has 146 valence electrons. The second kappa shape index (κ2) is 11.9. The number of halogens is 3. The predicted molar refractivity (Wildman–Crippen MR) is 104 cm³/mol. The molecular weight excluding hydrogens is 389 g/mol. The normalized spacial score (nSPS) is 20.0. The number of aromatic amines is 1. The molecule has 3 heterocycles. The van der Waals surface area contributed by atoms with Gasteiger partial charge in [0.1, 0.15) is 5.82 Å². The first-order chi connectivity index (χ1) is 10.7. The number of imidazole rings is 1. The van der Waals surface area contributed by atoms with E-state index in [4.69, 9.17) is 10.5 Å². The zero-order chi connectivity index (χ0) is 15.4. The molecule has 0 radical (unpaired) electrons. The molecule has 0 bridgehead atoms. The van der Waals surface area contributed by atoms with Crippen molar-refractivity contribution in [1.29, 1.82) is 0 Å². The lowest BCUT2D eigenvalue weighted by atomic mass is 9.91. The largest absolute Gasteiger partial charge is 0.381 e. The molecule has 2 saturated heterocycles. The van der Waals surface area contributed by atoms with Crippen LogP contribution in [0.4, 0.5) is 0 Å². The summed E-state index contributed by atoms with van der Waals surface area (Å²) in [6.07, 6.45) is 5.39. The number of piperazine rings is 1. The fraction of sp³-hybridized carbons (Fsp3) is 0.733. The fourth-order valence-electron chi connectivity index (χ4n) is 3.21. The van der Waals surface area contributed by atoms with Gasteiger partial charge < -0.3 is 20.4 Å². The molecule has 0 aliphatic carbocycles. The van der Waals surface area contributed by atoms with Crippen LogP contribution in [0.5, 0.6) is 0 Å². The van der Waals surface area contributed by atoms with Crippen LogP contribution >= 0.6 is 37.2 Å². The van der Waals surface area contributed by atoms with Crippen molar-refractivity contribution >= 4 is 43.1 Å². The van der Waals surface area contributed by atoms with E-state index < -0.39 is 0 Å². The number of nitrogens with one attached hydrogen (secondary N) is 1. The average molecular weight is 417 g/mol. The summed E-state index contributed by atoms with van der Waals surface area (Å²) in [5.74, 6) is 1.34. The van der Waals surface area contributed by atoms with Gasteiger partial charge in [-0.25, -0.2) is 4.98 Å². The highest BCUT2D eigenvalue weighted by Gasteiger charge is 2.31. The molecule has 0 saturated carbocycles. The summed E-state index contributed by atoms with van der Waals surface area (Å²) in [6, 6.07) is -0.375. The topological polar surface area (TPSA) is 87.5 Å². The maximum Gasteiger partial charge on any atom is 0.239 e. The second-order valence-electron chi connectivity index (χ2n) is 6.11. The molecule has 2 fully saturated rings. The van der Waals surface area contributed by atoms with Crippen molar-refractivity contribution in [3.8, 4) is 0 Å². The van der Waals surface area contributed by atoms with Gasteiger partial charge in [-0.15, -0.1) is 37.2 Å². The summed E-state index contributed by atoms with van der Waals surface area (Å²) in [5.41, 5.74) is 6.19. The second-order valence-corrected chi connectivity index (χ2v) is 6.11. The highest BCUT2D eigenvalue weighted by molar-refractivity contribution is 5.86. The van der Waals surface area contributed by atoms with Crippen LogP contribution < -0.4 is 5.73 Å². The molecule has 0 spiro atoms. The molecule has 2 aliphatic heterocycles. The Morgan fingerprint density at radius 2 is 1.88 bits per heavy atom. The summed E-state index contributed by atoms with van der Waals surface area (Å²) >= 11 is 0. The van der Waals surface area contributed by atoms with Crippen LogP contribution in [0.1, 0.15) is 18.7 Å². The molecule has 7 nitrogen and oxygen atoms in total. The van der Waals surface area contributed by atoms with Gasteiger partial charge >= 0.3 is 0 Å². The molecular formula is C15H28Cl3N5O2. The van der Waals surface area contributed by atoms with E-state index in [1.165, 1.54) is 0 Å². The first-order valence-corrected chi connectivity index (χ1v) is 8.07. The molecule has 1 unspecified atom stereocenters. The van der Waals surface area contributed by atoms with Crippen molar-refractivity contribution in [3.05, 3.63) is 18.2 Å². The average Bonchev–Trinajstić information content (AvgIpc) is 3.08. The van der Waals surface area contributed by atoms with Crippen molar-refractivity contribution in [2.75, 3.05) is 39.4 Å². The molecule has 3 rings (SSSR count). The molecule has 1 aromatic heterocycles. The molecule has 25 heavy (non-hydrogen) atoms. The fourth-order valence-corrected chi connectivity index (χ4v) is 3.21. The molecule has 1 amide bonds. The van der Waals surface area contributed by atoms with E-state index >= 15 is 0 Å². The van der Waals surface area contributed by atoms with E-state index in [0.717, 1.165) is 64.6 Å². The molecule has 1 atom stereocenters. The lowest BCUT2D eigenvalue weighted by molar-refractivity contribution is -0.136. The minimum absolute atomic E-state index is 0. The van der Waals surface area contributed by atoms with Gasteiger partial charge in [-0.3, -0.25) is 9.69 Å². The number of carbonyl (C=O) groups is 1. The Morgan fingerprint density at radius 3 is 2.44 bits per heavy atom. The Bertz CT molecular complexity index is 478. The Kier molecular flexibility index (Phi) is 11.7. The number of rotatable bonds is 4. The van der Waals surface area contributed by atoms with E-state index in [9.17, 15) is 4.79 Å². The molecule has 10 heteroatoms. The van der Waals surface area contributed by atoms with Gasteiger partial charge in [-0.1, -0.05) is 0 Å². The summed E-state index contributed by atoms with van der Waals surface area (Å²) < 4.78 is 5.34. The van der Waals surface area contributed by atoms with Gasteiger partial charge in [0, 0.05) is 51.8 Å². The van der Waals surface area contributed by atoms with Gasteiger partial charge in [-0.05, 0) is 18.8 Å². The van der Waals surface area contributed by atoms with E-state index in [0.29, 0.717) is 0 Å². The monoisotopic (exact) mass is 415 g/mol. The van der Waals surface area contributed by atoms with Crippen LogP contribution in [0.25, 0.3) is 0 Å². The Morgan fingerprint density at radius 1 is 1.24 bits per heavy atom. The van der Waals surface area contributed by atoms with Crippen LogP contribution in [0.3, 0.4) is 0 Å². The quantitative estimate of drug-likeness (QED) is 0.767. The first kappa shape index (κ1) is 24.4. The number of carbonyl (C=O) groups excluding carboxylic acids is 1. The number of aromatic nitrogens is 2. The number of amides is 1. The van der Waals surface area contributed by atoms with Crippen LogP contribution in [-0.2, 0) is 16.1 Å².